The van der Waals surface area contributed by atoms with E-state index in [0.717, 1.165) is 30.3 Å². The molecule has 1 aromatic heterocycles. The number of nitrogens with zero attached hydrogens (tertiary/aromatic N) is 3. The van der Waals surface area contributed by atoms with Gasteiger partial charge in [0.05, 0.1) is 28.5 Å². The smallest absolute Gasteiger partial charge is 0.274 e. The zero-order chi connectivity index (χ0) is 28.1. The number of methoxy groups -OCH3 is 1. The normalized spacial score (nSPS) is 14.9. The fraction of sp³-hybridized carbons (Fsp3) is 0.296. The van der Waals surface area contributed by atoms with Gasteiger partial charge in [0.15, 0.2) is 0 Å². The van der Waals surface area contributed by atoms with Crippen LogP contribution in [0, 0.1) is 5.41 Å². The molecule has 1 aliphatic heterocycles. The van der Waals surface area contributed by atoms with Crippen LogP contribution in [0.1, 0.15) is 24.2 Å². The third-order valence-corrected chi connectivity index (χ3v) is 8.60. The molecular weight excluding hydrogens is 559 g/mol. The van der Waals surface area contributed by atoms with Gasteiger partial charge in [-0.05, 0) is 44.3 Å². The highest BCUT2D eigenvalue weighted by Crippen LogP contribution is 2.34. The summed E-state index contributed by atoms with van der Waals surface area (Å²) in [6, 6.07) is 10.1. The van der Waals surface area contributed by atoms with E-state index in [4.69, 9.17) is 48.2 Å². The maximum atomic E-state index is 13.1. The number of benzene rings is 2. The van der Waals surface area contributed by atoms with Crippen LogP contribution in [0.25, 0.3) is 0 Å². The van der Waals surface area contributed by atoms with Gasteiger partial charge in [0.2, 0.25) is 0 Å². The van der Waals surface area contributed by atoms with E-state index in [1.165, 1.54) is 19.5 Å². The summed E-state index contributed by atoms with van der Waals surface area (Å²) in [5, 5.41) is 12.0. The molecule has 0 spiro atoms. The van der Waals surface area contributed by atoms with Crippen LogP contribution in [0.15, 0.2) is 53.2 Å². The summed E-state index contributed by atoms with van der Waals surface area (Å²) in [5.41, 5.74) is 8.08. The van der Waals surface area contributed by atoms with Gasteiger partial charge in [-0.2, -0.15) is 0 Å². The Morgan fingerprint density at radius 2 is 1.87 bits per heavy atom. The lowest BCUT2D eigenvalue weighted by Gasteiger charge is -2.23. The van der Waals surface area contributed by atoms with Crippen LogP contribution in [0.4, 0.5) is 17.1 Å². The van der Waals surface area contributed by atoms with Crippen molar-refractivity contribution in [2.24, 2.45) is 4.36 Å². The zero-order valence-corrected chi connectivity index (χ0v) is 24.2. The Balaban J connectivity index is 1.49. The highest BCUT2D eigenvalue weighted by Gasteiger charge is 2.20. The fourth-order valence-electron chi connectivity index (χ4n) is 4.02. The van der Waals surface area contributed by atoms with Crippen LogP contribution in [0.2, 0.25) is 10.0 Å². The lowest BCUT2D eigenvalue weighted by molar-refractivity contribution is -0.110. The minimum Gasteiger partial charge on any atom is -0.494 e. The highest BCUT2D eigenvalue weighted by atomic mass is 35.5. The van der Waals surface area contributed by atoms with Crippen molar-refractivity contribution in [2.75, 3.05) is 49.8 Å². The van der Waals surface area contributed by atoms with E-state index in [0.29, 0.717) is 32.8 Å². The summed E-state index contributed by atoms with van der Waals surface area (Å²) in [6.07, 6.45) is 2.46. The van der Waals surface area contributed by atoms with Gasteiger partial charge in [0.1, 0.15) is 23.3 Å². The van der Waals surface area contributed by atoms with Gasteiger partial charge >= 0.3 is 0 Å². The second kappa shape index (κ2) is 12.8. The summed E-state index contributed by atoms with van der Waals surface area (Å²) < 4.78 is 16.4. The number of aromatic nitrogens is 1. The molecule has 1 aliphatic rings. The summed E-state index contributed by atoms with van der Waals surface area (Å²) in [7, 11) is 3.61. The molecule has 206 valence electrons. The van der Waals surface area contributed by atoms with Crippen LogP contribution in [0.5, 0.6) is 11.5 Å². The first-order valence-corrected chi connectivity index (χ1v) is 14.4. The first-order valence-electron chi connectivity index (χ1n) is 12.2. The van der Waals surface area contributed by atoms with Crippen molar-refractivity contribution in [2.45, 2.75) is 13.0 Å². The van der Waals surface area contributed by atoms with Gasteiger partial charge in [0, 0.05) is 59.9 Å². The number of anilines is 2. The van der Waals surface area contributed by atoms with E-state index in [2.05, 4.69) is 22.2 Å². The number of nitrogens with one attached hydrogen (secondary N) is 2. The van der Waals surface area contributed by atoms with Crippen molar-refractivity contribution >= 4 is 62.6 Å². The Hall–Kier alpha value is -3.18. The van der Waals surface area contributed by atoms with Gasteiger partial charge in [-0.15, -0.1) is 0 Å². The quantitative estimate of drug-likeness (QED) is 0.235. The second-order valence-electron chi connectivity index (χ2n) is 9.00. The van der Waals surface area contributed by atoms with E-state index >= 15 is 0 Å². The summed E-state index contributed by atoms with van der Waals surface area (Å²) >= 11 is 12.5. The van der Waals surface area contributed by atoms with Crippen LogP contribution < -0.4 is 20.5 Å². The van der Waals surface area contributed by atoms with Crippen LogP contribution >= 0.6 is 23.2 Å². The van der Waals surface area contributed by atoms with Crippen molar-refractivity contribution in [3.05, 3.63) is 70.0 Å². The fourth-order valence-corrected chi connectivity index (χ4v) is 6.54. The Morgan fingerprint density at radius 3 is 2.54 bits per heavy atom. The lowest BCUT2D eigenvalue weighted by atomic mass is 10.1. The van der Waals surface area contributed by atoms with Crippen LogP contribution in [0.3, 0.4) is 0 Å². The molecule has 0 saturated carbocycles. The molecule has 3 aromatic rings. The molecule has 1 saturated heterocycles. The number of nitrogen functional groups attached to an aromatic ring is 1. The van der Waals surface area contributed by atoms with E-state index in [9.17, 15) is 4.79 Å². The maximum absolute atomic E-state index is 13.1. The van der Waals surface area contributed by atoms with Gasteiger partial charge in [-0.1, -0.05) is 33.9 Å². The number of hydrogen-bond acceptors (Lipinski definition) is 8. The van der Waals surface area contributed by atoms with Crippen molar-refractivity contribution < 1.29 is 14.3 Å². The maximum Gasteiger partial charge on any atom is 0.274 e. The number of rotatable bonds is 8. The molecule has 2 heterocycles. The molecule has 12 heteroatoms. The van der Waals surface area contributed by atoms with Gasteiger partial charge < -0.3 is 25.4 Å². The molecule has 2 aromatic carbocycles. The molecule has 1 unspecified atom stereocenters. The third kappa shape index (κ3) is 7.07. The first kappa shape index (κ1) is 28.8. The van der Waals surface area contributed by atoms with Crippen molar-refractivity contribution in [1.29, 1.82) is 5.41 Å². The minimum atomic E-state index is -0.646. The number of carbonyl (C=O) groups excluding carboxylic acids is 1. The monoisotopic (exact) mass is 588 g/mol. The average Bonchev–Trinajstić information content (AvgIpc) is 2.91. The number of amides is 1. The molecule has 4 N–H and O–H groups in total. The summed E-state index contributed by atoms with van der Waals surface area (Å²) in [6.45, 7) is 3.84. The van der Waals surface area contributed by atoms with Crippen LogP contribution in [-0.2, 0) is 15.5 Å². The molecule has 1 atom stereocenters. The molecule has 0 radical (unpaired) electrons. The molecule has 9 nitrogen and oxygen atoms in total. The summed E-state index contributed by atoms with van der Waals surface area (Å²) in [4.78, 5) is 19.3. The molecule has 0 bridgehead atoms. The molecule has 4 rings (SSSR count). The third-order valence-electron chi connectivity index (χ3n) is 6.22. The van der Waals surface area contributed by atoms with Crippen molar-refractivity contribution in [1.82, 2.24) is 9.88 Å². The predicted octanol–water partition coefficient (Wildman–Crippen LogP) is 5.50. The SMILES string of the molecule is COc1cc(N=S2CCN(C)CC2)ccc1NC(=O)C(=N)c1cc(OC(C)c2c(Cl)cncc2Cl)ccc1N. The van der Waals surface area contributed by atoms with E-state index < -0.39 is 12.0 Å². The van der Waals surface area contributed by atoms with Crippen molar-refractivity contribution in [3.8, 4) is 11.5 Å². The van der Waals surface area contributed by atoms with Crippen molar-refractivity contribution in [3.63, 3.8) is 0 Å². The standard InChI is InChI=1S/C27H30Cl2N6O3S/c1-16(25-20(28)14-32-15-21(25)29)38-18-5-6-22(30)19(13-18)26(31)27(36)33-23-7-4-17(12-24(23)37-3)34-39-10-8-35(2)9-11-39/h4-7,12-16,31H,8-11,30H2,1-3H3,(H,33,36). The van der Waals surface area contributed by atoms with Gasteiger partial charge in [0.25, 0.3) is 5.91 Å². The predicted molar refractivity (Wildman–Crippen MR) is 159 cm³/mol. The van der Waals surface area contributed by atoms with E-state index in [1.54, 1.807) is 37.3 Å². The van der Waals surface area contributed by atoms with Gasteiger partial charge in [-0.3, -0.25) is 15.2 Å². The molecular formula is C27H30Cl2N6O3S. The Bertz CT molecular complexity index is 1400. The van der Waals surface area contributed by atoms with Crippen LogP contribution in [-0.4, -0.2) is 60.3 Å². The number of halogens is 2. The topological polar surface area (TPSA) is 126 Å². The number of carbonyl (C=O) groups is 1. The first-order chi connectivity index (χ1) is 18.7. The molecule has 1 amide bonds. The second-order valence-corrected chi connectivity index (χ2v) is 11.7. The zero-order valence-electron chi connectivity index (χ0n) is 21.8. The van der Waals surface area contributed by atoms with E-state index in [-0.39, 0.29) is 27.7 Å². The molecule has 39 heavy (non-hydrogen) atoms. The van der Waals surface area contributed by atoms with Gasteiger partial charge in [-0.25, -0.2) is 4.36 Å². The molecule has 0 aliphatic carbocycles. The molecule has 1 fully saturated rings. The Morgan fingerprint density at radius 1 is 1.18 bits per heavy atom. The number of nitrogens with two attached hydrogens (primary N) is 1. The Kier molecular flexibility index (Phi) is 9.45. The largest absolute Gasteiger partial charge is 0.494 e. The number of pyridine rings is 1. The number of ether oxygens (including phenoxy) is 2. The lowest BCUT2D eigenvalue weighted by Crippen LogP contribution is -2.34. The highest BCUT2D eigenvalue weighted by molar-refractivity contribution is 7.87. The number of hydrogen-bond donors (Lipinski definition) is 3. The minimum absolute atomic E-state index is 0.0379. The Labute approximate surface area is 240 Å². The summed E-state index contributed by atoms with van der Waals surface area (Å²) in [5.74, 6) is 2.26. The average molecular weight is 590 g/mol. The van der Waals surface area contributed by atoms with E-state index in [1.807, 2.05) is 6.07 Å².